The van der Waals surface area contributed by atoms with Gasteiger partial charge in [-0.2, -0.15) is 0 Å². The van der Waals surface area contributed by atoms with Crippen molar-refractivity contribution in [1.29, 1.82) is 0 Å². The van der Waals surface area contributed by atoms with Crippen molar-refractivity contribution in [2.75, 3.05) is 0 Å². The van der Waals surface area contributed by atoms with Crippen molar-refractivity contribution >= 4 is 5.78 Å². The number of hydrogen-bond donors (Lipinski definition) is 0. The Kier molecular flexibility index (Phi) is 2.05. The van der Waals surface area contributed by atoms with E-state index in [2.05, 4.69) is 6.08 Å². The molecule has 0 fully saturated rings. The van der Waals surface area contributed by atoms with E-state index < -0.39 is 0 Å². The number of rotatable bonds is 1. The maximum Gasteiger partial charge on any atom is 0.156 e. The molecule has 0 unspecified atom stereocenters. The topological polar surface area (TPSA) is 17.1 Å². The summed E-state index contributed by atoms with van der Waals surface area (Å²) in [6.45, 7) is 3.63. The van der Waals surface area contributed by atoms with E-state index in [9.17, 15) is 4.79 Å². The highest BCUT2D eigenvalue weighted by molar-refractivity contribution is 5.94. The zero-order valence-electron chi connectivity index (χ0n) is 6.48. The summed E-state index contributed by atoms with van der Waals surface area (Å²) >= 11 is 0. The van der Waals surface area contributed by atoms with Gasteiger partial charge in [0, 0.05) is 0 Å². The molecule has 1 rings (SSSR count). The minimum atomic E-state index is 0.224. The number of ketones is 1. The van der Waals surface area contributed by atoms with Crippen molar-refractivity contribution in [2.45, 2.75) is 26.7 Å². The standard InChI is InChI=1S/C9H12O/c1-7-5-3-4-6-9(7)8(2)10/h3,5H,4,6H2,1-2H3. The van der Waals surface area contributed by atoms with E-state index in [1.54, 1.807) is 6.92 Å². The predicted molar refractivity (Wildman–Crippen MR) is 41.8 cm³/mol. The Morgan fingerprint density at radius 2 is 2.30 bits per heavy atom. The van der Waals surface area contributed by atoms with Gasteiger partial charge in [-0.15, -0.1) is 0 Å². The summed E-state index contributed by atoms with van der Waals surface area (Å²) in [7, 11) is 0. The second-order valence-corrected chi connectivity index (χ2v) is 2.66. The van der Waals surface area contributed by atoms with Crippen molar-refractivity contribution in [3.63, 3.8) is 0 Å². The monoisotopic (exact) mass is 136 g/mol. The lowest BCUT2D eigenvalue weighted by Crippen LogP contribution is -2.01. The van der Waals surface area contributed by atoms with Gasteiger partial charge in [-0.3, -0.25) is 4.79 Å². The molecule has 1 aliphatic rings. The Balaban J connectivity index is 2.89. The maximum absolute atomic E-state index is 10.9. The van der Waals surface area contributed by atoms with Crippen LogP contribution in [0.5, 0.6) is 0 Å². The molecule has 0 heterocycles. The summed E-state index contributed by atoms with van der Waals surface area (Å²) in [4.78, 5) is 10.9. The van der Waals surface area contributed by atoms with Gasteiger partial charge in [0.2, 0.25) is 0 Å². The smallest absolute Gasteiger partial charge is 0.156 e. The van der Waals surface area contributed by atoms with Gasteiger partial charge in [-0.05, 0) is 37.8 Å². The van der Waals surface area contributed by atoms with Crippen LogP contribution in [0.4, 0.5) is 0 Å². The van der Waals surface area contributed by atoms with E-state index in [1.807, 2.05) is 13.0 Å². The van der Waals surface area contributed by atoms with Crippen molar-refractivity contribution in [2.24, 2.45) is 0 Å². The quantitative estimate of drug-likeness (QED) is 0.540. The fourth-order valence-electron chi connectivity index (χ4n) is 1.24. The van der Waals surface area contributed by atoms with E-state index in [1.165, 1.54) is 0 Å². The minimum absolute atomic E-state index is 0.224. The molecule has 1 nitrogen and oxygen atoms in total. The van der Waals surface area contributed by atoms with E-state index in [4.69, 9.17) is 0 Å². The SMILES string of the molecule is CC(=O)C1=C(C)C=CCC1. The minimum Gasteiger partial charge on any atom is -0.295 e. The van der Waals surface area contributed by atoms with Crippen LogP contribution in [0.2, 0.25) is 0 Å². The summed E-state index contributed by atoms with van der Waals surface area (Å²) in [5.74, 6) is 0.224. The first-order valence-electron chi connectivity index (χ1n) is 3.59. The molecule has 0 amide bonds. The largest absolute Gasteiger partial charge is 0.295 e. The highest BCUT2D eigenvalue weighted by atomic mass is 16.1. The molecule has 0 aromatic heterocycles. The van der Waals surface area contributed by atoms with Crippen LogP contribution in [0.3, 0.4) is 0 Å². The zero-order chi connectivity index (χ0) is 7.56. The number of carbonyl (C=O) groups is 1. The van der Waals surface area contributed by atoms with Gasteiger partial charge in [-0.1, -0.05) is 12.2 Å². The summed E-state index contributed by atoms with van der Waals surface area (Å²) < 4.78 is 0. The van der Waals surface area contributed by atoms with Gasteiger partial charge in [0.15, 0.2) is 5.78 Å². The van der Waals surface area contributed by atoms with E-state index >= 15 is 0 Å². The number of allylic oxidation sites excluding steroid dienone is 4. The highest BCUT2D eigenvalue weighted by Crippen LogP contribution is 2.18. The van der Waals surface area contributed by atoms with E-state index in [0.717, 1.165) is 24.0 Å². The molecule has 0 aromatic carbocycles. The zero-order valence-corrected chi connectivity index (χ0v) is 6.48. The molecule has 0 aliphatic heterocycles. The summed E-state index contributed by atoms with van der Waals surface area (Å²) in [6, 6.07) is 0. The van der Waals surface area contributed by atoms with Crippen LogP contribution in [0, 0.1) is 0 Å². The van der Waals surface area contributed by atoms with Crippen LogP contribution >= 0.6 is 0 Å². The van der Waals surface area contributed by atoms with Crippen LogP contribution in [0.25, 0.3) is 0 Å². The first-order chi connectivity index (χ1) is 4.72. The molecular formula is C9H12O. The molecule has 0 saturated heterocycles. The van der Waals surface area contributed by atoms with E-state index in [-0.39, 0.29) is 5.78 Å². The van der Waals surface area contributed by atoms with Gasteiger partial charge in [0.25, 0.3) is 0 Å². The summed E-state index contributed by atoms with van der Waals surface area (Å²) in [5, 5.41) is 0. The second kappa shape index (κ2) is 2.82. The fraction of sp³-hybridized carbons (Fsp3) is 0.444. The Bertz CT molecular complexity index is 209. The van der Waals surface area contributed by atoms with Crippen LogP contribution in [-0.4, -0.2) is 5.78 Å². The molecule has 0 radical (unpaired) electrons. The molecule has 0 aromatic rings. The average Bonchev–Trinajstić information content (AvgIpc) is 1.88. The molecule has 0 atom stereocenters. The van der Waals surface area contributed by atoms with Gasteiger partial charge in [0.1, 0.15) is 0 Å². The lowest BCUT2D eigenvalue weighted by Gasteiger charge is -2.08. The molecule has 54 valence electrons. The van der Waals surface area contributed by atoms with Crippen molar-refractivity contribution in [3.05, 3.63) is 23.3 Å². The van der Waals surface area contributed by atoms with Crippen LogP contribution in [0.1, 0.15) is 26.7 Å². The molecule has 0 N–H and O–H groups in total. The second-order valence-electron chi connectivity index (χ2n) is 2.66. The van der Waals surface area contributed by atoms with Gasteiger partial charge in [0.05, 0.1) is 0 Å². The fourth-order valence-corrected chi connectivity index (χ4v) is 1.24. The van der Waals surface area contributed by atoms with Crippen molar-refractivity contribution in [1.82, 2.24) is 0 Å². The maximum atomic E-state index is 10.9. The highest BCUT2D eigenvalue weighted by Gasteiger charge is 2.07. The first kappa shape index (κ1) is 7.26. The number of hydrogen-bond acceptors (Lipinski definition) is 1. The molecule has 0 bridgehead atoms. The van der Waals surface area contributed by atoms with Crippen molar-refractivity contribution < 1.29 is 4.79 Å². The molecule has 1 heteroatoms. The number of Topliss-reactive ketones (excluding diaryl/α,β-unsaturated/α-hetero) is 1. The van der Waals surface area contributed by atoms with E-state index in [0.29, 0.717) is 0 Å². The normalized spacial score (nSPS) is 17.8. The van der Waals surface area contributed by atoms with Gasteiger partial charge >= 0.3 is 0 Å². The third-order valence-corrected chi connectivity index (χ3v) is 1.83. The van der Waals surface area contributed by atoms with Crippen LogP contribution in [-0.2, 0) is 4.79 Å². The van der Waals surface area contributed by atoms with Gasteiger partial charge in [-0.25, -0.2) is 0 Å². The number of carbonyl (C=O) groups excluding carboxylic acids is 1. The Morgan fingerprint density at radius 3 is 2.70 bits per heavy atom. The lowest BCUT2D eigenvalue weighted by molar-refractivity contribution is -0.113. The lowest BCUT2D eigenvalue weighted by atomic mass is 9.96. The molecule has 1 aliphatic carbocycles. The average molecular weight is 136 g/mol. The third-order valence-electron chi connectivity index (χ3n) is 1.83. The Morgan fingerprint density at radius 1 is 1.60 bits per heavy atom. The Hall–Kier alpha value is -0.850. The molecule has 0 spiro atoms. The van der Waals surface area contributed by atoms with Crippen LogP contribution < -0.4 is 0 Å². The molecular weight excluding hydrogens is 124 g/mol. The molecule has 10 heavy (non-hydrogen) atoms. The molecule has 0 saturated carbocycles. The summed E-state index contributed by atoms with van der Waals surface area (Å²) in [6.07, 6.45) is 6.09. The van der Waals surface area contributed by atoms with Gasteiger partial charge < -0.3 is 0 Å². The predicted octanol–water partition coefficient (Wildman–Crippen LogP) is 2.24. The Labute approximate surface area is 61.4 Å². The third kappa shape index (κ3) is 1.35. The summed E-state index contributed by atoms with van der Waals surface area (Å²) in [5.41, 5.74) is 2.14. The van der Waals surface area contributed by atoms with Crippen LogP contribution in [0.15, 0.2) is 23.3 Å². The first-order valence-corrected chi connectivity index (χ1v) is 3.59. The van der Waals surface area contributed by atoms with Crippen molar-refractivity contribution in [3.8, 4) is 0 Å².